The van der Waals surface area contributed by atoms with Gasteiger partial charge in [0.15, 0.2) is 0 Å². The Morgan fingerprint density at radius 1 is 1.33 bits per heavy atom. The van der Waals surface area contributed by atoms with Gasteiger partial charge in [0, 0.05) is 12.5 Å². The molecule has 1 aliphatic carbocycles. The average molecular weight is 214 g/mol. The molecule has 0 spiro atoms. The maximum Gasteiger partial charge on any atom is 0.217 e. The van der Waals surface area contributed by atoms with Gasteiger partial charge in [0.2, 0.25) is 5.91 Å². The third-order valence-corrected chi connectivity index (χ3v) is 2.99. The molecule has 4 heteroatoms. The summed E-state index contributed by atoms with van der Waals surface area (Å²) in [6.45, 7) is 0.870. The van der Waals surface area contributed by atoms with Crippen molar-refractivity contribution in [3.05, 3.63) is 0 Å². The van der Waals surface area contributed by atoms with E-state index in [9.17, 15) is 9.90 Å². The van der Waals surface area contributed by atoms with E-state index in [2.05, 4.69) is 5.32 Å². The van der Waals surface area contributed by atoms with Crippen LogP contribution in [-0.2, 0) is 4.79 Å². The van der Waals surface area contributed by atoms with E-state index in [-0.39, 0.29) is 18.1 Å². The maximum absolute atomic E-state index is 10.5. The zero-order chi connectivity index (χ0) is 11.1. The standard InChI is InChI=1S/C11H22N2O2/c12-11(15)7-3-4-8-13-9-5-1-2-6-10(9)14/h9-10,13-14H,1-8H2,(H2,12,15)/t9-,10-/m0/s1. The molecule has 0 aromatic heterocycles. The van der Waals surface area contributed by atoms with Gasteiger partial charge in [0.1, 0.15) is 0 Å². The van der Waals surface area contributed by atoms with Crippen LogP contribution in [0.2, 0.25) is 0 Å². The van der Waals surface area contributed by atoms with Crippen LogP contribution >= 0.6 is 0 Å². The van der Waals surface area contributed by atoms with E-state index in [4.69, 9.17) is 5.73 Å². The molecule has 0 heterocycles. The highest BCUT2D eigenvalue weighted by molar-refractivity contribution is 5.73. The third-order valence-electron chi connectivity index (χ3n) is 2.99. The summed E-state index contributed by atoms with van der Waals surface area (Å²) in [7, 11) is 0. The number of nitrogens with one attached hydrogen (secondary N) is 1. The minimum absolute atomic E-state index is 0.185. The molecule has 1 rings (SSSR count). The SMILES string of the molecule is NC(=O)CCCCN[C@H]1CCCC[C@@H]1O. The molecule has 0 unspecified atom stereocenters. The van der Waals surface area contributed by atoms with Crippen LogP contribution < -0.4 is 11.1 Å². The van der Waals surface area contributed by atoms with Crippen molar-refractivity contribution in [1.29, 1.82) is 0 Å². The normalized spacial score (nSPS) is 26.5. The topological polar surface area (TPSA) is 75.4 Å². The molecule has 15 heavy (non-hydrogen) atoms. The quantitative estimate of drug-likeness (QED) is 0.565. The largest absolute Gasteiger partial charge is 0.392 e. The summed E-state index contributed by atoms with van der Waals surface area (Å²) in [6.07, 6.45) is 6.40. The van der Waals surface area contributed by atoms with Crippen LogP contribution in [0.1, 0.15) is 44.9 Å². The Bertz CT molecular complexity index is 197. The monoisotopic (exact) mass is 214 g/mol. The van der Waals surface area contributed by atoms with Gasteiger partial charge in [-0.05, 0) is 32.2 Å². The summed E-state index contributed by atoms with van der Waals surface area (Å²) in [6, 6.07) is 0.257. The number of rotatable bonds is 6. The number of nitrogens with two attached hydrogens (primary N) is 1. The Kier molecular flexibility index (Phi) is 5.65. The fourth-order valence-corrected chi connectivity index (χ4v) is 2.06. The zero-order valence-electron chi connectivity index (χ0n) is 9.24. The molecular formula is C11H22N2O2. The van der Waals surface area contributed by atoms with E-state index in [1.54, 1.807) is 0 Å². The van der Waals surface area contributed by atoms with Crippen LogP contribution in [0.15, 0.2) is 0 Å². The van der Waals surface area contributed by atoms with Gasteiger partial charge in [-0.15, -0.1) is 0 Å². The summed E-state index contributed by atoms with van der Waals surface area (Å²) in [4.78, 5) is 10.5. The highest BCUT2D eigenvalue weighted by atomic mass is 16.3. The molecule has 4 nitrogen and oxygen atoms in total. The van der Waals surface area contributed by atoms with E-state index in [0.717, 1.165) is 38.6 Å². The summed E-state index contributed by atoms with van der Waals surface area (Å²) in [5.74, 6) is -0.229. The zero-order valence-corrected chi connectivity index (χ0v) is 9.24. The van der Waals surface area contributed by atoms with Gasteiger partial charge >= 0.3 is 0 Å². The van der Waals surface area contributed by atoms with Crippen LogP contribution in [0.5, 0.6) is 0 Å². The Morgan fingerprint density at radius 2 is 2.07 bits per heavy atom. The van der Waals surface area contributed by atoms with E-state index < -0.39 is 0 Å². The summed E-state index contributed by atoms with van der Waals surface area (Å²) < 4.78 is 0. The van der Waals surface area contributed by atoms with Gasteiger partial charge in [-0.1, -0.05) is 12.8 Å². The van der Waals surface area contributed by atoms with E-state index in [0.29, 0.717) is 6.42 Å². The van der Waals surface area contributed by atoms with Gasteiger partial charge in [-0.2, -0.15) is 0 Å². The first-order valence-electron chi connectivity index (χ1n) is 5.90. The van der Waals surface area contributed by atoms with Gasteiger partial charge in [-0.25, -0.2) is 0 Å². The fourth-order valence-electron chi connectivity index (χ4n) is 2.06. The van der Waals surface area contributed by atoms with Crippen LogP contribution in [-0.4, -0.2) is 29.7 Å². The first-order chi connectivity index (χ1) is 7.20. The number of hydrogen-bond acceptors (Lipinski definition) is 3. The van der Waals surface area contributed by atoms with Crippen molar-refractivity contribution < 1.29 is 9.90 Å². The minimum atomic E-state index is -0.229. The lowest BCUT2D eigenvalue weighted by atomic mass is 9.92. The first kappa shape index (κ1) is 12.5. The lowest BCUT2D eigenvalue weighted by Gasteiger charge is -2.28. The van der Waals surface area contributed by atoms with E-state index >= 15 is 0 Å². The second-order valence-corrected chi connectivity index (χ2v) is 4.34. The van der Waals surface area contributed by atoms with Crippen molar-refractivity contribution in [2.75, 3.05) is 6.54 Å². The van der Waals surface area contributed by atoms with Crippen molar-refractivity contribution in [3.8, 4) is 0 Å². The van der Waals surface area contributed by atoms with E-state index in [1.807, 2.05) is 0 Å². The summed E-state index contributed by atoms with van der Waals surface area (Å²) in [5, 5.41) is 13.0. The Hall–Kier alpha value is -0.610. The van der Waals surface area contributed by atoms with Crippen LogP contribution in [0.3, 0.4) is 0 Å². The molecule has 0 aliphatic heterocycles. The highest BCUT2D eigenvalue weighted by Crippen LogP contribution is 2.18. The predicted octanol–water partition coefficient (Wildman–Crippen LogP) is 0.535. The number of amides is 1. The Morgan fingerprint density at radius 3 is 2.73 bits per heavy atom. The molecule has 88 valence electrons. The van der Waals surface area contributed by atoms with Crippen LogP contribution in [0.4, 0.5) is 0 Å². The molecule has 0 saturated heterocycles. The Balaban J connectivity index is 2.01. The molecule has 1 fully saturated rings. The number of aliphatic hydroxyl groups excluding tert-OH is 1. The van der Waals surface area contributed by atoms with E-state index in [1.165, 1.54) is 6.42 Å². The van der Waals surface area contributed by atoms with Gasteiger partial charge in [-0.3, -0.25) is 4.79 Å². The molecule has 1 amide bonds. The Labute approximate surface area is 91.2 Å². The molecule has 0 aromatic carbocycles. The lowest BCUT2D eigenvalue weighted by molar-refractivity contribution is -0.118. The molecular weight excluding hydrogens is 192 g/mol. The number of primary amides is 1. The predicted molar refractivity (Wildman–Crippen MR) is 59.3 cm³/mol. The minimum Gasteiger partial charge on any atom is -0.392 e. The maximum atomic E-state index is 10.5. The second kappa shape index (κ2) is 6.80. The van der Waals surface area contributed by atoms with Gasteiger partial charge in [0.25, 0.3) is 0 Å². The molecule has 4 N–H and O–H groups in total. The summed E-state index contributed by atoms with van der Waals surface area (Å²) >= 11 is 0. The molecule has 1 aliphatic rings. The molecule has 0 aromatic rings. The van der Waals surface area contributed by atoms with Crippen LogP contribution in [0.25, 0.3) is 0 Å². The third kappa shape index (κ3) is 5.14. The van der Waals surface area contributed by atoms with Crippen molar-refractivity contribution >= 4 is 5.91 Å². The number of carbonyl (C=O) groups excluding carboxylic acids is 1. The first-order valence-corrected chi connectivity index (χ1v) is 5.90. The number of hydrogen-bond donors (Lipinski definition) is 3. The molecule has 2 atom stereocenters. The van der Waals surface area contributed by atoms with Crippen molar-refractivity contribution in [2.45, 2.75) is 57.1 Å². The number of aliphatic hydroxyl groups is 1. The van der Waals surface area contributed by atoms with Crippen molar-refractivity contribution in [1.82, 2.24) is 5.32 Å². The van der Waals surface area contributed by atoms with Crippen molar-refractivity contribution in [3.63, 3.8) is 0 Å². The van der Waals surface area contributed by atoms with Gasteiger partial charge < -0.3 is 16.2 Å². The second-order valence-electron chi connectivity index (χ2n) is 4.34. The van der Waals surface area contributed by atoms with Gasteiger partial charge in [0.05, 0.1) is 6.10 Å². The smallest absolute Gasteiger partial charge is 0.217 e. The fraction of sp³-hybridized carbons (Fsp3) is 0.909. The molecule has 0 radical (unpaired) electrons. The highest BCUT2D eigenvalue weighted by Gasteiger charge is 2.21. The molecule has 0 bridgehead atoms. The lowest BCUT2D eigenvalue weighted by Crippen LogP contribution is -2.42. The number of carbonyl (C=O) groups is 1. The van der Waals surface area contributed by atoms with Crippen molar-refractivity contribution in [2.24, 2.45) is 5.73 Å². The molecule has 1 saturated carbocycles. The number of unbranched alkanes of at least 4 members (excludes halogenated alkanes) is 1. The average Bonchev–Trinajstić information content (AvgIpc) is 2.20. The summed E-state index contributed by atoms with van der Waals surface area (Å²) in [5.41, 5.74) is 5.04. The van der Waals surface area contributed by atoms with Crippen LogP contribution in [0, 0.1) is 0 Å².